The molecule has 0 aliphatic heterocycles. The molecule has 0 saturated heterocycles. The Balaban J connectivity index is 1.18. The Morgan fingerprint density at radius 2 is 1.89 bits per heavy atom. The minimum absolute atomic E-state index is 0.277. The Hall–Kier alpha value is -0.870. The number of halogens is 1. The van der Waals surface area contributed by atoms with Crippen LogP contribution < -0.4 is 5.32 Å². The van der Waals surface area contributed by atoms with Crippen LogP contribution in [0.3, 0.4) is 0 Å². The molecule has 4 heteroatoms. The zero-order valence-electron chi connectivity index (χ0n) is 16.6. The summed E-state index contributed by atoms with van der Waals surface area (Å²) in [6, 6.07) is 10.6. The molecule has 27 heavy (non-hydrogen) atoms. The van der Waals surface area contributed by atoms with Crippen LogP contribution in [0.1, 0.15) is 56.9 Å². The summed E-state index contributed by atoms with van der Waals surface area (Å²) in [5.74, 6) is 1.98. The van der Waals surface area contributed by atoms with Crippen molar-refractivity contribution < 1.29 is 4.79 Å². The van der Waals surface area contributed by atoms with Gasteiger partial charge >= 0.3 is 0 Å². The second-order valence-electron chi connectivity index (χ2n) is 9.72. The Morgan fingerprint density at radius 1 is 1.19 bits per heavy atom. The van der Waals surface area contributed by atoms with Crippen molar-refractivity contribution in [1.82, 2.24) is 10.2 Å². The van der Waals surface area contributed by atoms with Crippen LogP contribution in [0.2, 0.25) is 0 Å². The highest BCUT2D eigenvalue weighted by Gasteiger charge is 2.57. The first-order chi connectivity index (χ1) is 12.9. The summed E-state index contributed by atoms with van der Waals surface area (Å²) < 4.78 is 0.345. The molecule has 4 bridgehead atoms. The standard InChI is InChI=1S/C23H33BrN2O/c1-26(16-18-6-3-2-4-7-18)9-5-8-25-21(27)15-22-11-19-10-20(12-22)14-23(24,13-19)17-22/h2-4,6-7,19-20H,5,8-17H2,1H3,(H,25,27). The molecule has 2 atom stereocenters. The van der Waals surface area contributed by atoms with E-state index in [9.17, 15) is 4.79 Å². The van der Waals surface area contributed by atoms with Crippen molar-refractivity contribution in [3.8, 4) is 0 Å². The van der Waals surface area contributed by atoms with Crippen molar-refractivity contribution in [3.63, 3.8) is 0 Å². The predicted molar refractivity (Wildman–Crippen MR) is 114 cm³/mol. The quantitative estimate of drug-likeness (QED) is 0.474. The zero-order chi connectivity index (χ0) is 18.9. The van der Waals surface area contributed by atoms with Gasteiger partial charge in [0.25, 0.3) is 0 Å². The van der Waals surface area contributed by atoms with Crippen LogP contribution in [0, 0.1) is 17.3 Å². The summed E-state index contributed by atoms with van der Waals surface area (Å²) in [7, 11) is 2.15. The molecule has 1 N–H and O–H groups in total. The molecule has 0 spiro atoms. The smallest absolute Gasteiger partial charge is 0.220 e. The molecule has 2 unspecified atom stereocenters. The third-order valence-electron chi connectivity index (χ3n) is 6.98. The topological polar surface area (TPSA) is 32.3 Å². The second-order valence-corrected chi connectivity index (χ2v) is 11.4. The van der Waals surface area contributed by atoms with E-state index in [0.717, 1.165) is 44.3 Å². The summed E-state index contributed by atoms with van der Waals surface area (Å²) in [5.41, 5.74) is 1.62. The van der Waals surface area contributed by atoms with Gasteiger partial charge < -0.3 is 10.2 Å². The second kappa shape index (κ2) is 7.87. The van der Waals surface area contributed by atoms with Crippen LogP contribution in [-0.2, 0) is 11.3 Å². The lowest BCUT2D eigenvalue weighted by atomic mass is 9.48. The lowest BCUT2D eigenvalue weighted by molar-refractivity contribution is -0.128. The van der Waals surface area contributed by atoms with Crippen LogP contribution in [0.15, 0.2) is 30.3 Å². The van der Waals surface area contributed by atoms with Crippen molar-refractivity contribution in [1.29, 1.82) is 0 Å². The van der Waals surface area contributed by atoms with Crippen molar-refractivity contribution in [2.75, 3.05) is 20.1 Å². The Labute approximate surface area is 172 Å². The summed E-state index contributed by atoms with van der Waals surface area (Å²) >= 11 is 4.05. The van der Waals surface area contributed by atoms with Gasteiger partial charge in [-0.2, -0.15) is 0 Å². The van der Waals surface area contributed by atoms with E-state index in [1.165, 1.54) is 44.1 Å². The number of hydrogen-bond donors (Lipinski definition) is 1. The lowest BCUT2D eigenvalue weighted by Gasteiger charge is -2.60. The third-order valence-corrected chi connectivity index (χ3v) is 7.91. The highest BCUT2D eigenvalue weighted by Crippen LogP contribution is 2.65. The Morgan fingerprint density at radius 3 is 2.56 bits per heavy atom. The number of carbonyl (C=O) groups excluding carboxylic acids is 1. The lowest BCUT2D eigenvalue weighted by Crippen LogP contribution is -2.54. The molecule has 1 amide bonds. The maximum atomic E-state index is 12.6. The van der Waals surface area contributed by atoms with Gasteiger partial charge in [-0.05, 0) is 81.4 Å². The summed E-state index contributed by atoms with van der Waals surface area (Å²) in [6.07, 6.45) is 9.60. The zero-order valence-corrected chi connectivity index (χ0v) is 18.1. The number of amides is 1. The number of alkyl halides is 1. The predicted octanol–water partition coefficient (Wildman–Crippen LogP) is 4.75. The van der Waals surface area contributed by atoms with Crippen LogP contribution in [-0.4, -0.2) is 35.3 Å². The SMILES string of the molecule is CN(CCCNC(=O)CC12CC3CC(CC(Br)(C3)C1)C2)Cc1ccccc1. The van der Waals surface area contributed by atoms with E-state index in [1.54, 1.807) is 0 Å². The fraction of sp³-hybridized carbons (Fsp3) is 0.696. The minimum atomic E-state index is 0.277. The molecular formula is C23H33BrN2O. The van der Waals surface area contributed by atoms with Gasteiger partial charge in [-0.25, -0.2) is 0 Å². The van der Waals surface area contributed by atoms with Gasteiger partial charge in [0, 0.05) is 23.8 Å². The van der Waals surface area contributed by atoms with E-state index < -0.39 is 0 Å². The fourth-order valence-electron chi connectivity index (χ4n) is 6.50. The van der Waals surface area contributed by atoms with Gasteiger partial charge in [-0.1, -0.05) is 46.3 Å². The molecule has 1 aromatic rings. The normalized spacial score (nSPS) is 34.2. The number of hydrogen-bond acceptors (Lipinski definition) is 2. The molecular weight excluding hydrogens is 400 g/mol. The maximum absolute atomic E-state index is 12.6. The summed E-state index contributed by atoms with van der Waals surface area (Å²) in [5, 5.41) is 3.21. The number of nitrogens with zero attached hydrogens (tertiary/aromatic N) is 1. The van der Waals surface area contributed by atoms with Crippen LogP contribution in [0.5, 0.6) is 0 Å². The van der Waals surface area contributed by atoms with Gasteiger partial charge in [0.05, 0.1) is 0 Å². The van der Waals surface area contributed by atoms with Crippen LogP contribution in [0.4, 0.5) is 0 Å². The van der Waals surface area contributed by atoms with Crippen LogP contribution >= 0.6 is 15.9 Å². The number of nitrogens with one attached hydrogen (secondary N) is 1. The molecule has 148 valence electrons. The third kappa shape index (κ3) is 4.76. The summed E-state index contributed by atoms with van der Waals surface area (Å²) in [4.78, 5) is 15.0. The van der Waals surface area contributed by atoms with Gasteiger partial charge in [0.1, 0.15) is 0 Å². The average Bonchev–Trinajstić information content (AvgIpc) is 2.57. The highest BCUT2D eigenvalue weighted by molar-refractivity contribution is 9.10. The molecule has 0 heterocycles. The molecule has 4 aliphatic carbocycles. The average molecular weight is 433 g/mol. The largest absolute Gasteiger partial charge is 0.356 e. The van der Waals surface area contributed by atoms with Gasteiger partial charge in [0.15, 0.2) is 0 Å². The first-order valence-electron chi connectivity index (χ1n) is 10.6. The summed E-state index contributed by atoms with van der Waals surface area (Å²) in [6.45, 7) is 2.77. The van der Waals surface area contributed by atoms with Crippen molar-refractivity contribution in [3.05, 3.63) is 35.9 Å². The molecule has 0 radical (unpaired) electrons. The van der Waals surface area contributed by atoms with E-state index >= 15 is 0 Å². The molecule has 4 saturated carbocycles. The number of rotatable bonds is 8. The monoisotopic (exact) mass is 432 g/mol. The van der Waals surface area contributed by atoms with Crippen LogP contribution in [0.25, 0.3) is 0 Å². The van der Waals surface area contributed by atoms with E-state index in [1.807, 2.05) is 0 Å². The first kappa shape index (κ1) is 19.4. The highest BCUT2D eigenvalue weighted by atomic mass is 79.9. The van der Waals surface area contributed by atoms with Gasteiger partial charge in [-0.3, -0.25) is 4.79 Å². The minimum Gasteiger partial charge on any atom is -0.356 e. The fourth-order valence-corrected chi connectivity index (χ4v) is 8.01. The van der Waals surface area contributed by atoms with Crippen molar-refractivity contribution in [2.45, 2.75) is 62.2 Å². The Bertz CT molecular complexity index is 648. The molecule has 0 aromatic heterocycles. The number of carbonyl (C=O) groups is 1. The molecule has 1 aromatic carbocycles. The molecule has 4 fully saturated rings. The maximum Gasteiger partial charge on any atom is 0.220 e. The van der Waals surface area contributed by atoms with E-state index in [2.05, 4.69) is 63.5 Å². The van der Waals surface area contributed by atoms with Crippen molar-refractivity contribution in [2.24, 2.45) is 17.3 Å². The van der Waals surface area contributed by atoms with Crippen molar-refractivity contribution >= 4 is 21.8 Å². The molecule has 4 aliphatic rings. The first-order valence-corrected chi connectivity index (χ1v) is 11.4. The van der Waals surface area contributed by atoms with E-state index in [4.69, 9.17) is 0 Å². The molecule has 3 nitrogen and oxygen atoms in total. The van der Waals surface area contributed by atoms with Gasteiger partial charge in [-0.15, -0.1) is 0 Å². The van der Waals surface area contributed by atoms with E-state index in [0.29, 0.717) is 4.32 Å². The Kier molecular flexibility index (Phi) is 5.67. The van der Waals surface area contributed by atoms with E-state index in [-0.39, 0.29) is 11.3 Å². The number of benzene rings is 1. The van der Waals surface area contributed by atoms with Gasteiger partial charge in [0.2, 0.25) is 5.91 Å². The molecule has 5 rings (SSSR count).